The van der Waals surface area contributed by atoms with Crippen molar-refractivity contribution in [1.82, 2.24) is 5.32 Å². The number of rotatable bonds is 6. The van der Waals surface area contributed by atoms with Crippen molar-refractivity contribution in [3.63, 3.8) is 0 Å². The molecule has 0 spiro atoms. The van der Waals surface area contributed by atoms with Crippen molar-refractivity contribution in [1.29, 1.82) is 0 Å². The maximum absolute atomic E-state index is 13.2. The molecule has 0 radical (unpaired) electrons. The minimum absolute atomic E-state index is 0.212. The SMILES string of the molecule is CCC(CNC(=O)OC(C)(C)C)Oc1ccc(F)cc1CBr. The molecule has 1 N–H and O–H groups in total. The Kier molecular flexibility index (Phi) is 7.13. The van der Waals surface area contributed by atoms with Gasteiger partial charge in [-0.2, -0.15) is 0 Å². The number of halogens is 2. The molecule has 0 fully saturated rings. The summed E-state index contributed by atoms with van der Waals surface area (Å²) in [5.41, 5.74) is 0.197. The van der Waals surface area contributed by atoms with E-state index in [0.29, 0.717) is 24.0 Å². The van der Waals surface area contributed by atoms with Crippen LogP contribution in [0.2, 0.25) is 0 Å². The zero-order chi connectivity index (χ0) is 16.8. The van der Waals surface area contributed by atoms with Crippen molar-refractivity contribution in [2.45, 2.75) is 51.2 Å². The van der Waals surface area contributed by atoms with E-state index >= 15 is 0 Å². The third-order valence-corrected chi connectivity index (χ3v) is 3.39. The van der Waals surface area contributed by atoms with E-state index in [-0.39, 0.29) is 11.9 Å². The van der Waals surface area contributed by atoms with Crippen molar-refractivity contribution in [3.05, 3.63) is 29.6 Å². The first-order chi connectivity index (χ1) is 10.2. The maximum Gasteiger partial charge on any atom is 0.407 e. The molecular formula is C16H23BrFNO3. The lowest BCUT2D eigenvalue weighted by molar-refractivity contribution is 0.0499. The van der Waals surface area contributed by atoms with Crippen LogP contribution in [0.15, 0.2) is 18.2 Å². The molecular weight excluding hydrogens is 353 g/mol. The molecule has 0 aliphatic carbocycles. The fourth-order valence-corrected chi connectivity index (χ4v) is 2.17. The molecule has 1 atom stereocenters. The van der Waals surface area contributed by atoms with Crippen molar-refractivity contribution < 1.29 is 18.7 Å². The highest BCUT2D eigenvalue weighted by Crippen LogP contribution is 2.23. The zero-order valence-corrected chi connectivity index (χ0v) is 15.0. The van der Waals surface area contributed by atoms with Gasteiger partial charge in [-0.15, -0.1) is 0 Å². The Bertz CT molecular complexity index is 503. The monoisotopic (exact) mass is 375 g/mol. The predicted octanol–water partition coefficient (Wildman–Crippen LogP) is 4.40. The summed E-state index contributed by atoms with van der Waals surface area (Å²) in [6, 6.07) is 4.38. The number of nitrogens with one attached hydrogen (secondary N) is 1. The average molecular weight is 376 g/mol. The first-order valence-electron chi connectivity index (χ1n) is 7.23. The Morgan fingerprint density at radius 3 is 2.64 bits per heavy atom. The molecule has 1 aromatic rings. The summed E-state index contributed by atoms with van der Waals surface area (Å²) in [4.78, 5) is 11.7. The third kappa shape index (κ3) is 6.64. The highest BCUT2D eigenvalue weighted by atomic mass is 79.9. The number of alkyl halides is 1. The zero-order valence-electron chi connectivity index (χ0n) is 13.4. The Balaban J connectivity index is 2.60. The third-order valence-electron chi connectivity index (χ3n) is 2.79. The lowest BCUT2D eigenvalue weighted by Crippen LogP contribution is -2.38. The van der Waals surface area contributed by atoms with Gasteiger partial charge >= 0.3 is 6.09 Å². The summed E-state index contributed by atoms with van der Waals surface area (Å²) in [6.07, 6.45) is 0.0136. The van der Waals surface area contributed by atoms with Gasteiger partial charge in [0.2, 0.25) is 0 Å². The number of benzene rings is 1. The smallest absolute Gasteiger partial charge is 0.407 e. The number of hydrogen-bond acceptors (Lipinski definition) is 3. The van der Waals surface area contributed by atoms with E-state index in [4.69, 9.17) is 9.47 Å². The van der Waals surface area contributed by atoms with E-state index in [1.807, 2.05) is 6.92 Å². The fourth-order valence-electron chi connectivity index (χ4n) is 1.73. The molecule has 1 aromatic carbocycles. The molecule has 22 heavy (non-hydrogen) atoms. The van der Waals surface area contributed by atoms with Crippen LogP contribution >= 0.6 is 15.9 Å². The van der Waals surface area contributed by atoms with Crippen LogP contribution in [0.1, 0.15) is 39.7 Å². The molecule has 0 aromatic heterocycles. The van der Waals surface area contributed by atoms with Crippen LogP contribution in [0.25, 0.3) is 0 Å². The van der Waals surface area contributed by atoms with Gasteiger partial charge in [0.05, 0.1) is 6.54 Å². The van der Waals surface area contributed by atoms with Gasteiger partial charge < -0.3 is 14.8 Å². The molecule has 6 heteroatoms. The first-order valence-corrected chi connectivity index (χ1v) is 8.35. The van der Waals surface area contributed by atoms with Crippen molar-refractivity contribution >= 4 is 22.0 Å². The van der Waals surface area contributed by atoms with Crippen LogP contribution < -0.4 is 10.1 Å². The highest BCUT2D eigenvalue weighted by Gasteiger charge is 2.18. The number of amides is 1. The topological polar surface area (TPSA) is 47.6 Å². The normalized spacial score (nSPS) is 12.6. The van der Waals surface area contributed by atoms with Gasteiger partial charge in [-0.25, -0.2) is 9.18 Å². The summed E-state index contributed by atoms with van der Waals surface area (Å²) in [6.45, 7) is 7.70. The molecule has 0 aliphatic rings. The second-order valence-electron chi connectivity index (χ2n) is 5.92. The summed E-state index contributed by atoms with van der Waals surface area (Å²) < 4.78 is 24.2. The highest BCUT2D eigenvalue weighted by molar-refractivity contribution is 9.08. The molecule has 0 bridgehead atoms. The Hall–Kier alpha value is -1.30. The maximum atomic E-state index is 13.2. The Morgan fingerprint density at radius 2 is 2.09 bits per heavy atom. The van der Waals surface area contributed by atoms with E-state index in [1.54, 1.807) is 26.8 Å². The van der Waals surface area contributed by atoms with Gasteiger partial charge in [0.15, 0.2) is 0 Å². The van der Waals surface area contributed by atoms with Gasteiger partial charge in [0, 0.05) is 10.9 Å². The minimum Gasteiger partial charge on any atom is -0.488 e. The molecule has 1 rings (SSSR count). The van der Waals surface area contributed by atoms with E-state index in [9.17, 15) is 9.18 Å². The fraction of sp³-hybridized carbons (Fsp3) is 0.562. The number of hydrogen-bond donors (Lipinski definition) is 1. The predicted molar refractivity (Wildman–Crippen MR) is 88.0 cm³/mol. The minimum atomic E-state index is -0.535. The summed E-state index contributed by atoms with van der Waals surface area (Å²) in [5.74, 6) is 0.304. The van der Waals surface area contributed by atoms with Gasteiger partial charge in [0.1, 0.15) is 23.3 Å². The first kappa shape index (κ1) is 18.7. The van der Waals surface area contributed by atoms with Crippen molar-refractivity contribution in [2.24, 2.45) is 0 Å². The summed E-state index contributed by atoms with van der Waals surface area (Å²) in [5, 5.41) is 3.18. The second-order valence-corrected chi connectivity index (χ2v) is 6.48. The molecule has 4 nitrogen and oxygen atoms in total. The van der Waals surface area contributed by atoms with Gasteiger partial charge in [0.25, 0.3) is 0 Å². The van der Waals surface area contributed by atoms with E-state index in [0.717, 1.165) is 5.56 Å². The largest absolute Gasteiger partial charge is 0.488 e. The van der Waals surface area contributed by atoms with E-state index in [2.05, 4.69) is 21.2 Å². The standard InChI is InChI=1S/C16H23BrFNO3/c1-5-13(10-19-15(20)22-16(2,3)4)21-14-7-6-12(18)8-11(14)9-17/h6-8,13H,5,9-10H2,1-4H3,(H,19,20). The van der Waals surface area contributed by atoms with Crippen molar-refractivity contribution in [2.75, 3.05) is 6.54 Å². The van der Waals surface area contributed by atoms with Crippen LogP contribution in [0.4, 0.5) is 9.18 Å². The number of carbonyl (C=O) groups is 1. The molecule has 1 unspecified atom stereocenters. The summed E-state index contributed by atoms with van der Waals surface area (Å²) >= 11 is 3.31. The molecule has 1 amide bonds. The van der Waals surface area contributed by atoms with Crippen LogP contribution in [0, 0.1) is 5.82 Å². The lowest BCUT2D eigenvalue weighted by Gasteiger charge is -2.22. The molecule has 0 saturated carbocycles. The Labute approximate surface area is 139 Å². The lowest BCUT2D eigenvalue weighted by atomic mass is 10.2. The van der Waals surface area contributed by atoms with Crippen LogP contribution in [0.3, 0.4) is 0 Å². The molecule has 0 aliphatic heterocycles. The number of ether oxygens (including phenoxy) is 2. The van der Waals surface area contributed by atoms with Gasteiger partial charge in [-0.1, -0.05) is 22.9 Å². The molecule has 124 valence electrons. The quantitative estimate of drug-likeness (QED) is 0.749. The molecule has 0 heterocycles. The number of alkyl carbamates (subject to hydrolysis) is 1. The van der Waals surface area contributed by atoms with Crippen molar-refractivity contribution in [3.8, 4) is 5.75 Å². The average Bonchev–Trinajstić information content (AvgIpc) is 2.42. The van der Waals surface area contributed by atoms with Gasteiger partial charge in [-0.3, -0.25) is 0 Å². The summed E-state index contributed by atoms with van der Waals surface area (Å²) in [7, 11) is 0. The Morgan fingerprint density at radius 1 is 1.41 bits per heavy atom. The van der Waals surface area contributed by atoms with E-state index in [1.165, 1.54) is 12.1 Å². The van der Waals surface area contributed by atoms with E-state index < -0.39 is 11.7 Å². The van der Waals surface area contributed by atoms with Crippen LogP contribution in [0.5, 0.6) is 5.75 Å². The van der Waals surface area contributed by atoms with Gasteiger partial charge in [-0.05, 0) is 45.4 Å². The number of carbonyl (C=O) groups excluding carboxylic acids is 1. The van der Waals surface area contributed by atoms with Crippen LogP contribution in [-0.4, -0.2) is 24.3 Å². The molecule has 0 saturated heterocycles. The van der Waals surface area contributed by atoms with Crippen LogP contribution in [-0.2, 0) is 10.1 Å². The second kappa shape index (κ2) is 8.36.